The average Bonchev–Trinajstić information content (AvgIpc) is 2.74. The lowest BCUT2D eigenvalue weighted by Crippen LogP contribution is -1.94. The molecule has 1 nitrogen and oxygen atoms in total. The molecule has 2 aromatic carbocycles. The van der Waals surface area contributed by atoms with Crippen LogP contribution in [0.3, 0.4) is 0 Å². The summed E-state index contributed by atoms with van der Waals surface area (Å²) >= 11 is 8.00. The summed E-state index contributed by atoms with van der Waals surface area (Å²) in [4.78, 5) is 0. The zero-order valence-electron chi connectivity index (χ0n) is 9.69. The molecule has 0 spiro atoms. The van der Waals surface area contributed by atoms with Gasteiger partial charge in [-0.3, -0.25) is 0 Å². The van der Waals surface area contributed by atoms with E-state index in [0.717, 1.165) is 21.0 Å². The quantitative estimate of drug-likeness (QED) is 0.721. The summed E-state index contributed by atoms with van der Waals surface area (Å²) in [5.41, 5.74) is 9.09. The van der Waals surface area contributed by atoms with Crippen molar-refractivity contribution in [2.24, 2.45) is 5.73 Å². The highest BCUT2D eigenvalue weighted by Gasteiger charge is 2.12. The molecule has 3 rings (SSSR count). The molecule has 90 valence electrons. The third-order valence-corrected chi connectivity index (χ3v) is 4.37. The molecule has 2 N–H and O–H groups in total. The highest BCUT2D eigenvalue weighted by molar-refractivity contribution is 7.23. The summed E-state index contributed by atoms with van der Waals surface area (Å²) in [6.07, 6.45) is 0. The summed E-state index contributed by atoms with van der Waals surface area (Å²) in [6.45, 7) is 0.562. The Hall–Kier alpha value is -1.35. The van der Waals surface area contributed by atoms with E-state index in [2.05, 4.69) is 30.3 Å². The second kappa shape index (κ2) is 4.73. The molecule has 0 amide bonds. The minimum absolute atomic E-state index is 0.562. The minimum Gasteiger partial charge on any atom is -0.326 e. The summed E-state index contributed by atoms with van der Waals surface area (Å²) in [5.74, 6) is 0. The molecule has 0 saturated carbocycles. The van der Waals surface area contributed by atoms with Gasteiger partial charge in [-0.25, -0.2) is 0 Å². The number of nitrogens with two attached hydrogens (primary N) is 1. The maximum Gasteiger partial charge on any atom is 0.102 e. The lowest BCUT2D eigenvalue weighted by atomic mass is 10.0. The molecule has 0 radical (unpaired) electrons. The second-order valence-electron chi connectivity index (χ2n) is 4.15. The molecule has 1 aromatic heterocycles. The maximum atomic E-state index is 6.38. The first-order valence-electron chi connectivity index (χ1n) is 5.76. The van der Waals surface area contributed by atoms with Crippen LogP contribution in [-0.2, 0) is 6.54 Å². The van der Waals surface area contributed by atoms with Gasteiger partial charge in [-0.05, 0) is 17.2 Å². The first kappa shape index (κ1) is 11.7. The van der Waals surface area contributed by atoms with Gasteiger partial charge in [0.05, 0.1) is 0 Å². The average molecular weight is 274 g/mol. The second-order valence-corrected chi connectivity index (χ2v) is 5.81. The zero-order chi connectivity index (χ0) is 12.5. The van der Waals surface area contributed by atoms with E-state index in [1.54, 1.807) is 11.3 Å². The Bertz CT molecular complexity index is 688. The molecule has 0 aliphatic carbocycles. The Morgan fingerprint density at radius 1 is 1.06 bits per heavy atom. The minimum atomic E-state index is 0.562. The van der Waals surface area contributed by atoms with Gasteiger partial charge in [0.1, 0.15) is 4.34 Å². The van der Waals surface area contributed by atoms with Crippen molar-refractivity contribution in [2.45, 2.75) is 6.54 Å². The van der Waals surface area contributed by atoms with Crippen LogP contribution in [0.2, 0.25) is 4.34 Å². The maximum absolute atomic E-state index is 6.38. The molecular weight excluding hydrogens is 262 g/mol. The molecule has 0 fully saturated rings. The van der Waals surface area contributed by atoms with E-state index in [-0.39, 0.29) is 0 Å². The van der Waals surface area contributed by atoms with E-state index < -0.39 is 0 Å². The fourth-order valence-corrected chi connectivity index (χ4v) is 3.59. The Balaban J connectivity index is 2.27. The number of fused-ring (bicyclic) bond motifs is 1. The highest BCUT2D eigenvalue weighted by Crippen LogP contribution is 2.42. The van der Waals surface area contributed by atoms with Crippen LogP contribution in [0.5, 0.6) is 0 Å². The van der Waals surface area contributed by atoms with Crippen molar-refractivity contribution in [3.63, 3.8) is 0 Å². The smallest absolute Gasteiger partial charge is 0.102 e. The normalized spacial score (nSPS) is 11.0. The van der Waals surface area contributed by atoms with Gasteiger partial charge in [-0.2, -0.15) is 0 Å². The lowest BCUT2D eigenvalue weighted by Gasteiger charge is -2.01. The predicted octanol–water partition coefficient (Wildman–Crippen LogP) is 4.68. The number of hydrogen-bond acceptors (Lipinski definition) is 2. The third kappa shape index (κ3) is 1.93. The highest BCUT2D eigenvalue weighted by atomic mass is 35.5. The van der Waals surface area contributed by atoms with Crippen molar-refractivity contribution in [3.8, 4) is 11.1 Å². The lowest BCUT2D eigenvalue weighted by molar-refractivity contribution is 1.08. The van der Waals surface area contributed by atoms with Crippen LogP contribution in [0.1, 0.15) is 5.56 Å². The van der Waals surface area contributed by atoms with Crippen molar-refractivity contribution in [1.29, 1.82) is 0 Å². The van der Waals surface area contributed by atoms with Crippen LogP contribution in [0.15, 0.2) is 48.5 Å². The van der Waals surface area contributed by atoms with Crippen LogP contribution in [0.4, 0.5) is 0 Å². The van der Waals surface area contributed by atoms with E-state index in [4.69, 9.17) is 17.3 Å². The van der Waals surface area contributed by atoms with Crippen LogP contribution in [0, 0.1) is 0 Å². The van der Waals surface area contributed by atoms with Crippen LogP contribution in [-0.4, -0.2) is 0 Å². The van der Waals surface area contributed by atoms with E-state index in [1.165, 1.54) is 10.1 Å². The topological polar surface area (TPSA) is 26.0 Å². The standard InChI is InChI=1S/C15H12ClNS/c16-15-14(11-4-2-1-3-5-11)12-7-6-10(9-17)8-13(12)18-15/h1-8H,9,17H2. The van der Waals surface area contributed by atoms with Gasteiger partial charge in [-0.1, -0.05) is 54.1 Å². The Labute approximate surface area is 115 Å². The molecular formula is C15H12ClNS. The van der Waals surface area contributed by atoms with Crippen molar-refractivity contribution < 1.29 is 0 Å². The van der Waals surface area contributed by atoms with Crippen molar-refractivity contribution in [3.05, 3.63) is 58.4 Å². The number of hydrogen-bond donors (Lipinski definition) is 1. The van der Waals surface area contributed by atoms with E-state index in [0.29, 0.717) is 6.54 Å². The summed E-state index contributed by atoms with van der Waals surface area (Å²) in [7, 11) is 0. The van der Waals surface area contributed by atoms with Crippen molar-refractivity contribution in [2.75, 3.05) is 0 Å². The zero-order valence-corrected chi connectivity index (χ0v) is 11.3. The van der Waals surface area contributed by atoms with Gasteiger partial charge in [0.25, 0.3) is 0 Å². The van der Waals surface area contributed by atoms with E-state index in [9.17, 15) is 0 Å². The molecule has 3 aromatic rings. The first-order valence-corrected chi connectivity index (χ1v) is 6.95. The molecule has 0 aliphatic rings. The number of rotatable bonds is 2. The Morgan fingerprint density at radius 3 is 2.56 bits per heavy atom. The van der Waals surface area contributed by atoms with Gasteiger partial charge in [0, 0.05) is 22.2 Å². The van der Waals surface area contributed by atoms with Gasteiger partial charge < -0.3 is 5.73 Å². The number of halogens is 1. The molecule has 3 heteroatoms. The number of thiophene rings is 1. The van der Waals surface area contributed by atoms with Crippen LogP contribution < -0.4 is 5.73 Å². The fraction of sp³-hybridized carbons (Fsp3) is 0.0667. The predicted molar refractivity (Wildman–Crippen MR) is 80.2 cm³/mol. The Kier molecular flexibility index (Phi) is 3.08. The van der Waals surface area contributed by atoms with Crippen LogP contribution >= 0.6 is 22.9 Å². The molecule has 1 heterocycles. The van der Waals surface area contributed by atoms with Crippen molar-refractivity contribution >= 4 is 33.0 Å². The van der Waals surface area contributed by atoms with Gasteiger partial charge in [0.2, 0.25) is 0 Å². The van der Waals surface area contributed by atoms with Gasteiger partial charge in [-0.15, -0.1) is 11.3 Å². The van der Waals surface area contributed by atoms with Gasteiger partial charge >= 0.3 is 0 Å². The monoisotopic (exact) mass is 273 g/mol. The summed E-state index contributed by atoms with van der Waals surface area (Å²) in [5, 5.41) is 1.20. The Morgan fingerprint density at radius 2 is 1.83 bits per heavy atom. The number of benzene rings is 2. The van der Waals surface area contributed by atoms with E-state index >= 15 is 0 Å². The molecule has 0 saturated heterocycles. The van der Waals surface area contributed by atoms with E-state index in [1.807, 2.05) is 18.2 Å². The first-order chi connectivity index (χ1) is 8.79. The molecule has 18 heavy (non-hydrogen) atoms. The van der Waals surface area contributed by atoms with Crippen molar-refractivity contribution in [1.82, 2.24) is 0 Å². The summed E-state index contributed by atoms with van der Waals surface area (Å²) in [6, 6.07) is 16.6. The molecule has 0 atom stereocenters. The SMILES string of the molecule is NCc1ccc2c(-c3ccccc3)c(Cl)sc2c1. The van der Waals surface area contributed by atoms with Gasteiger partial charge in [0.15, 0.2) is 0 Å². The molecule has 0 unspecified atom stereocenters. The summed E-state index contributed by atoms with van der Waals surface area (Å²) < 4.78 is 2.03. The largest absolute Gasteiger partial charge is 0.326 e. The van der Waals surface area contributed by atoms with Crippen LogP contribution in [0.25, 0.3) is 21.2 Å². The fourth-order valence-electron chi connectivity index (χ4n) is 2.11. The third-order valence-electron chi connectivity index (χ3n) is 3.01. The molecule has 0 bridgehead atoms. The molecule has 0 aliphatic heterocycles.